The van der Waals surface area contributed by atoms with Crippen LogP contribution in [0.5, 0.6) is 0 Å². The molecule has 0 radical (unpaired) electrons. The van der Waals surface area contributed by atoms with Gasteiger partial charge in [-0.05, 0) is 66.7 Å². The van der Waals surface area contributed by atoms with Crippen LogP contribution in [-0.2, 0) is 9.47 Å². The van der Waals surface area contributed by atoms with Crippen LogP contribution in [0.15, 0.2) is 0 Å². The topological polar surface area (TPSA) is 38.8 Å². The third-order valence-corrected chi connectivity index (χ3v) is 5.94. The van der Waals surface area contributed by atoms with E-state index in [1.807, 2.05) is 39.5 Å². The molecular formula is C19H34BrNO3. The predicted octanol–water partition coefficient (Wildman–Crippen LogP) is 5.48. The van der Waals surface area contributed by atoms with Crippen molar-refractivity contribution in [1.29, 1.82) is 0 Å². The van der Waals surface area contributed by atoms with E-state index >= 15 is 0 Å². The molecule has 1 aliphatic carbocycles. The minimum Gasteiger partial charge on any atom is -0.444 e. The van der Waals surface area contributed by atoms with E-state index in [2.05, 4.69) is 22.9 Å². The van der Waals surface area contributed by atoms with Gasteiger partial charge in [0, 0.05) is 5.33 Å². The van der Waals surface area contributed by atoms with Gasteiger partial charge in [0.1, 0.15) is 11.3 Å². The Bertz CT molecular complexity index is 454. The maximum Gasteiger partial charge on any atom is 0.413 e. The first-order valence-electron chi connectivity index (χ1n) is 9.29. The van der Waals surface area contributed by atoms with Crippen molar-refractivity contribution in [3.8, 4) is 0 Å². The van der Waals surface area contributed by atoms with Gasteiger partial charge in [-0.3, -0.25) is 4.90 Å². The fourth-order valence-corrected chi connectivity index (χ4v) is 4.97. The number of amides is 1. The van der Waals surface area contributed by atoms with Crippen LogP contribution >= 0.6 is 15.9 Å². The lowest BCUT2D eigenvalue weighted by molar-refractivity contribution is -0.0820. The van der Waals surface area contributed by atoms with Gasteiger partial charge < -0.3 is 9.47 Å². The van der Waals surface area contributed by atoms with Crippen molar-refractivity contribution in [3.05, 3.63) is 0 Å². The predicted molar refractivity (Wildman–Crippen MR) is 100 cm³/mol. The van der Waals surface area contributed by atoms with Gasteiger partial charge in [-0.25, -0.2) is 4.79 Å². The second kappa shape index (κ2) is 7.14. The Morgan fingerprint density at radius 2 is 1.79 bits per heavy atom. The molecule has 2 atom stereocenters. The van der Waals surface area contributed by atoms with Crippen molar-refractivity contribution in [2.24, 2.45) is 5.92 Å². The summed E-state index contributed by atoms with van der Waals surface area (Å²) in [6, 6.07) is 0. The van der Waals surface area contributed by atoms with Crippen molar-refractivity contribution in [2.45, 2.75) is 103 Å². The van der Waals surface area contributed by atoms with Crippen LogP contribution in [-0.4, -0.2) is 39.3 Å². The highest BCUT2D eigenvalue weighted by atomic mass is 79.9. The van der Waals surface area contributed by atoms with Crippen LogP contribution in [0.2, 0.25) is 0 Å². The van der Waals surface area contributed by atoms with Gasteiger partial charge in [0.2, 0.25) is 0 Å². The number of hydrogen-bond acceptors (Lipinski definition) is 3. The lowest BCUT2D eigenvalue weighted by atomic mass is 9.71. The van der Waals surface area contributed by atoms with Crippen molar-refractivity contribution in [1.82, 2.24) is 4.90 Å². The summed E-state index contributed by atoms with van der Waals surface area (Å²) in [6.07, 6.45) is 6.78. The normalized spacial score (nSPS) is 31.3. The lowest BCUT2D eigenvalue weighted by Crippen LogP contribution is -2.60. The first kappa shape index (κ1) is 20.0. The van der Waals surface area contributed by atoms with Crippen molar-refractivity contribution in [3.63, 3.8) is 0 Å². The van der Waals surface area contributed by atoms with E-state index < -0.39 is 11.3 Å². The molecule has 1 saturated heterocycles. The van der Waals surface area contributed by atoms with Gasteiger partial charge >= 0.3 is 6.09 Å². The van der Waals surface area contributed by atoms with Gasteiger partial charge in [-0.15, -0.1) is 0 Å². The smallest absolute Gasteiger partial charge is 0.413 e. The summed E-state index contributed by atoms with van der Waals surface area (Å²) in [5, 5.41) is 0.873. The lowest BCUT2D eigenvalue weighted by Gasteiger charge is -2.47. The average Bonchev–Trinajstić information content (AvgIpc) is 2.65. The Labute approximate surface area is 155 Å². The van der Waals surface area contributed by atoms with E-state index in [0.29, 0.717) is 5.92 Å². The Kier molecular flexibility index (Phi) is 5.96. The second-order valence-electron chi connectivity index (χ2n) is 8.91. The minimum absolute atomic E-state index is 0.0301. The van der Waals surface area contributed by atoms with Crippen LogP contribution in [0, 0.1) is 5.92 Å². The zero-order valence-corrected chi connectivity index (χ0v) is 17.7. The van der Waals surface area contributed by atoms with Gasteiger partial charge in [0.25, 0.3) is 0 Å². The number of carbonyl (C=O) groups excluding carboxylic acids is 1. The van der Waals surface area contributed by atoms with Gasteiger partial charge in [0.15, 0.2) is 0 Å². The standard InChI is InChI=1S/C19H34BrNO3/c1-17(2,3)24-16(22)21-18(4,5)23-15(12-13-20)19(21,6)14-10-8-7-9-11-14/h14-15H,7-13H2,1-6H3/t15?,19-/m0/s1. The van der Waals surface area contributed by atoms with E-state index in [0.717, 1.165) is 24.6 Å². The van der Waals surface area contributed by atoms with Gasteiger partial charge in [-0.1, -0.05) is 35.2 Å². The molecule has 0 aromatic carbocycles. The molecule has 1 amide bonds. The fraction of sp³-hybridized carbons (Fsp3) is 0.947. The number of rotatable bonds is 3. The molecule has 0 aromatic rings. The van der Waals surface area contributed by atoms with E-state index in [9.17, 15) is 4.79 Å². The molecule has 1 aliphatic heterocycles. The molecule has 140 valence electrons. The van der Waals surface area contributed by atoms with Crippen molar-refractivity contribution < 1.29 is 14.3 Å². The highest BCUT2D eigenvalue weighted by molar-refractivity contribution is 9.09. The monoisotopic (exact) mass is 403 g/mol. The SMILES string of the molecule is CC(C)(C)OC(=O)N1C(C)(C)OC(CCBr)[C@]1(C)C1CCCCC1. The van der Waals surface area contributed by atoms with Crippen LogP contribution in [0.4, 0.5) is 4.79 Å². The number of nitrogens with zero attached hydrogens (tertiary/aromatic N) is 1. The molecule has 0 spiro atoms. The van der Waals surface area contributed by atoms with Crippen LogP contribution in [0.25, 0.3) is 0 Å². The summed E-state index contributed by atoms with van der Waals surface area (Å²) in [5.74, 6) is 0.463. The molecule has 2 rings (SSSR count). The largest absolute Gasteiger partial charge is 0.444 e. The number of halogens is 1. The number of alkyl halides is 1. The van der Waals surface area contributed by atoms with E-state index in [1.165, 1.54) is 19.3 Å². The van der Waals surface area contributed by atoms with Gasteiger partial charge in [-0.2, -0.15) is 0 Å². The maximum atomic E-state index is 13.1. The van der Waals surface area contributed by atoms with E-state index in [-0.39, 0.29) is 17.7 Å². The van der Waals surface area contributed by atoms with E-state index in [4.69, 9.17) is 9.47 Å². The number of hydrogen-bond donors (Lipinski definition) is 0. The molecule has 2 aliphatic rings. The molecule has 5 heteroatoms. The molecule has 2 fully saturated rings. The molecule has 0 bridgehead atoms. The highest BCUT2D eigenvalue weighted by Gasteiger charge is 2.61. The summed E-state index contributed by atoms with van der Waals surface area (Å²) in [7, 11) is 0. The van der Waals surface area contributed by atoms with Gasteiger partial charge in [0.05, 0.1) is 11.6 Å². The van der Waals surface area contributed by atoms with E-state index in [1.54, 1.807) is 0 Å². The Morgan fingerprint density at radius 3 is 2.29 bits per heavy atom. The molecule has 1 heterocycles. The van der Waals surface area contributed by atoms with Crippen molar-refractivity contribution >= 4 is 22.0 Å². The zero-order chi connectivity index (χ0) is 18.2. The first-order valence-corrected chi connectivity index (χ1v) is 10.4. The Morgan fingerprint density at radius 1 is 1.21 bits per heavy atom. The maximum absolute atomic E-state index is 13.1. The molecule has 0 aromatic heterocycles. The number of ether oxygens (including phenoxy) is 2. The average molecular weight is 404 g/mol. The molecular weight excluding hydrogens is 370 g/mol. The zero-order valence-electron chi connectivity index (χ0n) is 16.2. The minimum atomic E-state index is -0.651. The summed E-state index contributed by atoms with van der Waals surface area (Å²) < 4.78 is 12.2. The molecule has 4 nitrogen and oxygen atoms in total. The summed E-state index contributed by atoms with van der Waals surface area (Å²) >= 11 is 3.56. The molecule has 0 N–H and O–H groups in total. The molecule has 1 saturated carbocycles. The highest BCUT2D eigenvalue weighted by Crippen LogP contribution is 2.50. The molecule has 24 heavy (non-hydrogen) atoms. The molecule has 1 unspecified atom stereocenters. The number of carbonyl (C=O) groups is 1. The summed E-state index contributed by atoms with van der Waals surface area (Å²) in [5.41, 5.74) is -1.48. The van der Waals surface area contributed by atoms with Crippen molar-refractivity contribution in [2.75, 3.05) is 5.33 Å². The third kappa shape index (κ3) is 3.92. The summed E-state index contributed by atoms with van der Waals surface area (Å²) in [6.45, 7) is 12.0. The first-order chi connectivity index (χ1) is 11.0. The fourth-order valence-electron chi connectivity index (χ4n) is 4.55. The Balaban J connectivity index is 2.39. The van der Waals surface area contributed by atoms with Crippen LogP contribution in [0.1, 0.15) is 80.1 Å². The van der Waals surface area contributed by atoms with Crippen LogP contribution < -0.4 is 0 Å². The second-order valence-corrected chi connectivity index (χ2v) is 9.70. The third-order valence-electron chi connectivity index (χ3n) is 5.48. The Hall–Kier alpha value is -0.290. The summed E-state index contributed by atoms with van der Waals surface area (Å²) in [4.78, 5) is 15.0. The quantitative estimate of drug-likeness (QED) is 0.585. The van der Waals surface area contributed by atoms with Crippen LogP contribution in [0.3, 0.4) is 0 Å².